The Morgan fingerprint density at radius 1 is 1.35 bits per heavy atom. The number of ketones is 1. The van der Waals surface area contributed by atoms with Gasteiger partial charge in [0.1, 0.15) is 4.66 Å². The third-order valence-corrected chi connectivity index (χ3v) is 4.80. The molecule has 0 spiro atoms. The van der Waals surface area contributed by atoms with Crippen LogP contribution in [-0.2, 0) is 11.8 Å². The maximum absolute atomic E-state index is 12.2. The van der Waals surface area contributed by atoms with E-state index in [-0.39, 0.29) is 11.3 Å². The predicted octanol–water partition coefficient (Wildman–Crippen LogP) is 1.73. The van der Waals surface area contributed by atoms with Gasteiger partial charge < -0.3 is 4.57 Å². The Kier molecular flexibility index (Phi) is 4.11. The topological polar surface area (TPSA) is 39.1 Å². The summed E-state index contributed by atoms with van der Waals surface area (Å²) in [6, 6.07) is 3.91. The molecule has 2 heterocycles. The van der Waals surface area contributed by atoms with Gasteiger partial charge in [-0.2, -0.15) is 0 Å². The normalized spacial score (nSPS) is 14.0. The molecule has 3 nitrogen and oxygen atoms in total. The van der Waals surface area contributed by atoms with Crippen molar-refractivity contribution in [2.24, 2.45) is 12.5 Å². The number of carbonyl (C=O) groups excluding carboxylic acids is 1. The second kappa shape index (κ2) is 5.50. The Labute approximate surface area is 125 Å². The first-order chi connectivity index (χ1) is 9.29. The highest BCUT2D eigenvalue weighted by atomic mass is 32.1. The molecule has 0 saturated carbocycles. The summed E-state index contributed by atoms with van der Waals surface area (Å²) in [7, 11) is 1.70. The molecule has 2 aromatic heterocycles. The van der Waals surface area contributed by atoms with Crippen molar-refractivity contribution in [3.05, 3.63) is 41.9 Å². The smallest absolute Gasteiger partial charge is 0.268 e. The SMILES string of the molecule is Cn1c(=CC(=O)C(C)(C)C)sc(=Cc2cccs2)c1=O. The fourth-order valence-corrected chi connectivity index (χ4v) is 3.29. The summed E-state index contributed by atoms with van der Waals surface area (Å²) in [6.45, 7) is 5.61. The zero-order valence-electron chi connectivity index (χ0n) is 12.0. The highest BCUT2D eigenvalue weighted by Gasteiger charge is 2.19. The second-order valence-corrected chi connectivity index (χ2v) is 7.63. The van der Waals surface area contributed by atoms with Crippen molar-refractivity contribution < 1.29 is 4.79 Å². The van der Waals surface area contributed by atoms with Crippen molar-refractivity contribution >= 4 is 40.6 Å². The minimum Gasteiger partial charge on any atom is -0.302 e. The summed E-state index contributed by atoms with van der Waals surface area (Å²) >= 11 is 2.94. The van der Waals surface area contributed by atoms with Crippen LogP contribution in [0.4, 0.5) is 0 Å². The lowest BCUT2D eigenvalue weighted by Crippen LogP contribution is -2.29. The van der Waals surface area contributed by atoms with Crippen molar-refractivity contribution in [3.8, 4) is 0 Å². The van der Waals surface area contributed by atoms with Gasteiger partial charge in [-0.15, -0.1) is 22.7 Å². The molecule has 0 N–H and O–H groups in total. The summed E-state index contributed by atoms with van der Waals surface area (Å²) < 4.78 is 2.88. The molecule has 0 aliphatic carbocycles. The van der Waals surface area contributed by atoms with E-state index in [9.17, 15) is 9.59 Å². The van der Waals surface area contributed by atoms with Gasteiger partial charge in [-0.1, -0.05) is 26.8 Å². The van der Waals surface area contributed by atoms with Crippen LogP contribution in [0, 0.1) is 5.41 Å². The molecule has 20 heavy (non-hydrogen) atoms. The Morgan fingerprint density at radius 2 is 2.05 bits per heavy atom. The lowest BCUT2D eigenvalue weighted by atomic mass is 9.91. The molecule has 0 aliphatic rings. The first kappa shape index (κ1) is 14.9. The molecule has 2 rings (SSSR count). The van der Waals surface area contributed by atoms with Crippen LogP contribution in [0.2, 0.25) is 0 Å². The molecule has 0 amide bonds. The van der Waals surface area contributed by atoms with Gasteiger partial charge in [0, 0.05) is 23.4 Å². The lowest BCUT2D eigenvalue weighted by Gasteiger charge is -2.12. The number of Topliss-reactive ketones (excluding diaryl/α,β-unsaturated/α-hetero) is 1. The van der Waals surface area contributed by atoms with Gasteiger partial charge in [0.2, 0.25) is 0 Å². The minimum atomic E-state index is -0.433. The highest BCUT2D eigenvalue weighted by molar-refractivity contribution is 7.11. The average Bonchev–Trinajstić information content (AvgIpc) is 2.94. The van der Waals surface area contributed by atoms with Crippen LogP contribution < -0.4 is 14.8 Å². The molecule has 0 fully saturated rings. The summed E-state index contributed by atoms with van der Waals surface area (Å²) in [5.74, 6) is 0.0250. The van der Waals surface area contributed by atoms with Crippen LogP contribution in [0.15, 0.2) is 22.3 Å². The van der Waals surface area contributed by atoms with Crippen molar-refractivity contribution in [2.45, 2.75) is 20.8 Å². The van der Waals surface area contributed by atoms with E-state index < -0.39 is 5.41 Å². The summed E-state index contributed by atoms with van der Waals surface area (Å²) in [6.07, 6.45) is 3.44. The van der Waals surface area contributed by atoms with Gasteiger partial charge in [-0.05, 0) is 17.5 Å². The molecule has 0 unspecified atom stereocenters. The van der Waals surface area contributed by atoms with E-state index in [0.29, 0.717) is 9.20 Å². The van der Waals surface area contributed by atoms with E-state index in [1.54, 1.807) is 24.5 Å². The second-order valence-electron chi connectivity index (χ2n) is 5.59. The van der Waals surface area contributed by atoms with Gasteiger partial charge in [-0.3, -0.25) is 9.59 Å². The highest BCUT2D eigenvalue weighted by Crippen LogP contribution is 2.14. The molecule has 0 atom stereocenters. The van der Waals surface area contributed by atoms with E-state index in [4.69, 9.17) is 0 Å². The van der Waals surface area contributed by atoms with Crippen molar-refractivity contribution in [2.75, 3.05) is 0 Å². The first-order valence-electron chi connectivity index (χ1n) is 6.26. The fraction of sp³-hybridized carbons (Fsp3) is 0.333. The Bertz CT molecular complexity index is 787. The van der Waals surface area contributed by atoms with Crippen molar-refractivity contribution in [1.82, 2.24) is 4.57 Å². The third-order valence-electron chi connectivity index (χ3n) is 2.87. The first-order valence-corrected chi connectivity index (χ1v) is 7.96. The standard InChI is InChI=1S/C15H17NO2S2/c1-15(2,3)12(17)9-13-16(4)14(18)11(20-13)8-10-6-5-7-19-10/h5-9H,1-4H3. The van der Waals surface area contributed by atoms with Crippen molar-refractivity contribution in [1.29, 1.82) is 0 Å². The molecule has 0 bridgehead atoms. The average molecular weight is 307 g/mol. The summed E-state index contributed by atoms with van der Waals surface area (Å²) in [5, 5.41) is 1.97. The van der Waals surface area contributed by atoms with Crippen LogP contribution in [0.1, 0.15) is 25.6 Å². The van der Waals surface area contributed by atoms with E-state index >= 15 is 0 Å². The van der Waals surface area contributed by atoms with Crippen molar-refractivity contribution in [3.63, 3.8) is 0 Å². The number of rotatable bonds is 2. The van der Waals surface area contributed by atoms with Crippen LogP contribution >= 0.6 is 22.7 Å². The fourth-order valence-electron chi connectivity index (χ4n) is 1.54. The van der Waals surface area contributed by atoms with E-state index in [1.165, 1.54) is 15.9 Å². The van der Waals surface area contributed by atoms with Crippen LogP contribution in [0.25, 0.3) is 12.2 Å². The molecule has 2 aromatic rings. The molecular weight excluding hydrogens is 290 g/mol. The zero-order chi connectivity index (χ0) is 14.9. The Hall–Kier alpha value is -1.46. The molecule has 0 radical (unpaired) electrons. The summed E-state index contributed by atoms with van der Waals surface area (Å²) in [4.78, 5) is 25.3. The van der Waals surface area contributed by atoms with Gasteiger partial charge in [-0.25, -0.2) is 0 Å². The summed E-state index contributed by atoms with van der Waals surface area (Å²) in [5.41, 5.74) is -0.492. The Morgan fingerprint density at radius 3 is 2.60 bits per heavy atom. The van der Waals surface area contributed by atoms with E-state index in [1.807, 2.05) is 44.4 Å². The van der Waals surface area contributed by atoms with Gasteiger partial charge in [0.05, 0.1) is 4.53 Å². The molecule has 106 valence electrons. The molecule has 0 aromatic carbocycles. The molecule has 5 heteroatoms. The Balaban J connectivity index is 2.57. The number of hydrogen-bond donors (Lipinski definition) is 0. The molecule has 0 aliphatic heterocycles. The number of nitrogens with zero attached hydrogens (tertiary/aromatic N) is 1. The number of carbonyl (C=O) groups is 1. The quantitative estimate of drug-likeness (QED) is 0.847. The number of hydrogen-bond acceptors (Lipinski definition) is 4. The van der Waals surface area contributed by atoms with Gasteiger partial charge in [0.15, 0.2) is 5.78 Å². The van der Waals surface area contributed by atoms with Gasteiger partial charge in [0.25, 0.3) is 5.56 Å². The monoisotopic (exact) mass is 307 g/mol. The van der Waals surface area contributed by atoms with Crippen LogP contribution in [0.3, 0.4) is 0 Å². The maximum atomic E-state index is 12.2. The zero-order valence-corrected chi connectivity index (χ0v) is 13.6. The van der Waals surface area contributed by atoms with Crippen LogP contribution in [-0.4, -0.2) is 10.4 Å². The number of aromatic nitrogens is 1. The van der Waals surface area contributed by atoms with Gasteiger partial charge >= 0.3 is 0 Å². The lowest BCUT2D eigenvalue weighted by molar-refractivity contribution is -0.120. The third kappa shape index (κ3) is 3.16. The van der Waals surface area contributed by atoms with E-state index in [2.05, 4.69) is 0 Å². The van der Waals surface area contributed by atoms with Crippen LogP contribution in [0.5, 0.6) is 0 Å². The minimum absolute atomic E-state index is 0.0250. The molecule has 0 saturated heterocycles. The maximum Gasteiger partial charge on any atom is 0.268 e. The molecular formula is C15H17NO2S2. The number of thiazole rings is 1. The predicted molar refractivity (Wildman–Crippen MR) is 85.6 cm³/mol. The van der Waals surface area contributed by atoms with E-state index in [0.717, 1.165) is 4.88 Å². The largest absolute Gasteiger partial charge is 0.302 e. The number of thiophene rings is 1.